The van der Waals surface area contributed by atoms with E-state index in [-0.39, 0.29) is 12.1 Å². The minimum absolute atomic E-state index is 0.0307. The topological polar surface area (TPSA) is 32.3 Å². The molecule has 0 saturated heterocycles. The molecule has 100 valence electrons. The third-order valence-corrected chi connectivity index (χ3v) is 4.35. The van der Waals surface area contributed by atoms with Gasteiger partial charge in [-0.3, -0.25) is 0 Å². The minimum atomic E-state index is -0.0307. The van der Waals surface area contributed by atoms with Gasteiger partial charge in [-0.2, -0.15) is 0 Å². The maximum absolute atomic E-state index is 9.66. The van der Waals surface area contributed by atoms with E-state index in [9.17, 15) is 5.11 Å². The van der Waals surface area contributed by atoms with Crippen molar-refractivity contribution in [1.29, 1.82) is 0 Å². The first-order valence-electron chi connectivity index (χ1n) is 7.07. The van der Waals surface area contributed by atoms with E-state index in [1.165, 1.54) is 36.0 Å². The van der Waals surface area contributed by atoms with Crippen LogP contribution in [0.25, 0.3) is 0 Å². The van der Waals surface area contributed by atoms with Gasteiger partial charge in [-0.25, -0.2) is 0 Å². The highest BCUT2D eigenvalue weighted by Crippen LogP contribution is 2.28. The van der Waals surface area contributed by atoms with Crippen LogP contribution in [0.3, 0.4) is 0 Å². The van der Waals surface area contributed by atoms with Crippen molar-refractivity contribution >= 4 is 0 Å². The van der Waals surface area contributed by atoms with Gasteiger partial charge in [-0.15, -0.1) is 0 Å². The average molecular weight is 247 g/mol. The maximum Gasteiger partial charge on any atom is 0.0613 e. The number of benzene rings is 1. The van der Waals surface area contributed by atoms with Crippen LogP contribution in [0.5, 0.6) is 0 Å². The lowest BCUT2D eigenvalue weighted by atomic mass is 9.82. The summed E-state index contributed by atoms with van der Waals surface area (Å²) in [4.78, 5) is 0. The molecule has 0 radical (unpaired) electrons. The molecule has 0 aromatic heterocycles. The van der Waals surface area contributed by atoms with Crippen LogP contribution in [0.2, 0.25) is 0 Å². The molecule has 2 nitrogen and oxygen atoms in total. The summed E-state index contributed by atoms with van der Waals surface area (Å²) in [6.07, 6.45) is 6.00. The maximum atomic E-state index is 9.66. The number of aliphatic hydroxyl groups is 1. The predicted octanol–water partition coefficient (Wildman–Crippen LogP) is 3.09. The second kappa shape index (κ2) is 5.85. The number of aryl methyl sites for hydroxylation is 2. The monoisotopic (exact) mass is 247 g/mol. The Morgan fingerprint density at radius 2 is 1.83 bits per heavy atom. The lowest BCUT2D eigenvalue weighted by Crippen LogP contribution is -2.49. The Labute approximate surface area is 110 Å². The number of nitrogens with one attached hydrogen (secondary N) is 1. The first kappa shape index (κ1) is 13.6. The van der Waals surface area contributed by atoms with Gasteiger partial charge >= 0.3 is 0 Å². The van der Waals surface area contributed by atoms with Crippen LogP contribution in [-0.2, 0) is 6.54 Å². The number of aliphatic hydroxyl groups excluding tert-OH is 1. The Hall–Kier alpha value is -0.860. The first-order chi connectivity index (χ1) is 8.65. The molecule has 1 aromatic carbocycles. The molecule has 18 heavy (non-hydrogen) atoms. The van der Waals surface area contributed by atoms with Crippen LogP contribution in [-0.4, -0.2) is 17.3 Å². The van der Waals surface area contributed by atoms with Crippen molar-refractivity contribution in [1.82, 2.24) is 5.32 Å². The molecule has 2 N–H and O–H groups in total. The van der Waals surface area contributed by atoms with Gasteiger partial charge in [0.2, 0.25) is 0 Å². The highest BCUT2D eigenvalue weighted by Gasteiger charge is 2.30. The molecule has 0 amide bonds. The van der Waals surface area contributed by atoms with Gasteiger partial charge in [0.15, 0.2) is 0 Å². The summed E-state index contributed by atoms with van der Waals surface area (Å²) in [5.41, 5.74) is 3.97. The van der Waals surface area contributed by atoms with Gasteiger partial charge in [-0.05, 0) is 43.4 Å². The van der Waals surface area contributed by atoms with Crippen LogP contribution < -0.4 is 5.32 Å². The molecule has 2 rings (SSSR count). The summed E-state index contributed by atoms with van der Waals surface area (Å²) in [5.74, 6) is 0. The van der Waals surface area contributed by atoms with Crippen molar-refractivity contribution in [2.45, 2.75) is 58.0 Å². The van der Waals surface area contributed by atoms with E-state index < -0.39 is 0 Å². The van der Waals surface area contributed by atoms with Crippen LogP contribution in [0.1, 0.15) is 48.8 Å². The van der Waals surface area contributed by atoms with Crippen molar-refractivity contribution < 1.29 is 5.11 Å². The number of hydrogen-bond donors (Lipinski definition) is 2. The summed E-state index contributed by atoms with van der Waals surface area (Å²) < 4.78 is 0. The SMILES string of the molecule is Cc1ccc(CNC2(CO)CCCCC2)cc1C. The van der Waals surface area contributed by atoms with E-state index in [0.29, 0.717) is 0 Å². The molecule has 2 heteroatoms. The second-order valence-electron chi connectivity index (χ2n) is 5.77. The molecular formula is C16H25NO. The van der Waals surface area contributed by atoms with E-state index in [1.807, 2.05) is 0 Å². The quantitative estimate of drug-likeness (QED) is 0.857. The first-order valence-corrected chi connectivity index (χ1v) is 7.07. The number of hydrogen-bond acceptors (Lipinski definition) is 2. The molecule has 0 aliphatic heterocycles. The van der Waals surface area contributed by atoms with Crippen LogP contribution in [0.4, 0.5) is 0 Å². The summed E-state index contributed by atoms with van der Waals surface area (Å²) in [7, 11) is 0. The van der Waals surface area contributed by atoms with E-state index in [4.69, 9.17) is 0 Å². The predicted molar refractivity (Wildman–Crippen MR) is 75.7 cm³/mol. The molecule has 1 aliphatic rings. The Kier molecular flexibility index (Phi) is 4.41. The van der Waals surface area contributed by atoms with E-state index in [0.717, 1.165) is 19.4 Å². The Morgan fingerprint density at radius 1 is 1.11 bits per heavy atom. The van der Waals surface area contributed by atoms with Gasteiger partial charge in [-0.1, -0.05) is 37.5 Å². The standard InChI is InChI=1S/C16H25NO/c1-13-6-7-15(10-14(13)2)11-17-16(12-18)8-4-3-5-9-16/h6-7,10,17-18H,3-5,8-9,11-12H2,1-2H3. The van der Waals surface area contributed by atoms with Crippen molar-refractivity contribution in [2.24, 2.45) is 0 Å². The van der Waals surface area contributed by atoms with Gasteiger partial charge in [0.05, 0.1) is 6.61 Å². The fourth-order valence-electron chi connectivity index (χ4n) is 2.82. The molecule has 0 atom stereocenters. The van der Waals surface area contributed by atoms with E-state index >= 15 is 0 Å². The van der Waals surface area contributed by atoms with Crippen molar-refractivity contribution in [3.8, 4) is 0 Å². The molecule has 1 aliphatic carbocycles. The Morgan fingerprint density at radius 3 is 2.44 bits per heavy atom. The summed E-state index contributed by atoms with van der Waals surface area (Å²) in [6.45, 7) is 5.42. The van der Waals surface area contributed by atoms with E-state index in [2.05, 4.69) is 37.4 Å². The van der Waals surface area contributed by atoms with Gasteiger partial charge < -0.3 is 10.4 Å². The molecular weight excluding hydrogens is 222 g/mol. The van der Waals surface area contributed by atoms with Crippen molar-refractivity contribution in [2.75, 3.05) is 6.61 Å². The van der Waals surface area contributed by atoms with Gasteiger partial charge in [0.1, 0.15) is 0 Å². The largest absolute Gasteiger partial charge is 0.394 e. The van der Waals surface area contributed by atoms with Gasteiger partial charge in [0.25, 0.3) is 0 Å². The third kappa shape index (κ3) is 3.12. The smallest absolute Gasteiger partial charge is 0.0613 e. The minimum Gasteiger partial charge on any atom is -0.394 e. The lowest BCUT2D eigenvalue weighted by Gasteiger charge is -2.36. The Balaban J connectivity index is 1.98. The molecule has 0 bridgehead atoms. The third-order valence-electron chi connectivity index (χ3n) is 4.35. The van der Waals surface area contributed by atoms with Gasteiger partial charge in [0, 0.05) is 12.1 Å². The van der Waals surface area contributed by atoms with Crippen molar-refractivity contribution in [3.63, 3.8) is 0 Å². The van der Waals surface area contributed by atoms with Crippen LogP contribution in [0.15, 0.2) is 18.2 Å². The fourth-order valence-corrected chi connectivity index (χ4v) is 2.82. The highest BCUT2D eigenvalue weighted by atomic mass is 16.3. The molecule has 1 fully saturated rings. The molecule has 0 heterocycles. The van der Waals surface area contributed by atoms with Crippen LogP contribution >= 0.6 is 0 Å². The Bertz CT molecular complexity index is 394. The fraction of sp³-hybridized carbons (Fsp3) is 0.625. The molecule has 1 aromatic rings. The lowest BCUT2D eigenvalue weighted by molar-refractivity contribution is 0.119. The molecule has 1 saturated carbocycles. The summed E-state index contributed by atoms with van der Waals surface area (Å²) in [5, 5.41) is 13.3. The normalized spacial score (nSPS) is 18.8. The van der Waals surface area contributed by atoms with Crippen LogP contribution in [0, 0.1) is 13.8 Å². The second-order valence-corrected chi connectivity index (χ2v) is 5.77. The molecule has 0 spiro atoms. The molecule has 0 unspecified atom stereocenters. The summed E-state index contributed by atoms with van der Waals surface area (Å²) >= 11 is 0. The zero-order chi connectivity index (χ0) is 13.0. The van der Waals surface area contributed by atoms with E-state index in [1.54, 1.807) is 0 Å². The highest BCUT2D eigenvalue weighted by molar-refractivity contribution is 5.29. The average Bonchev–Trinajstić information content (AvgIpc) is 2.41. The zero-order valence-electron chi connectivity index (χ0n) is 11.6. The number of rotatable bonds is 4. The zero-order valence-corrected chi connectivity index (χ0v) is 11.6. The van der Waals surface area contributed by atoms with Crippen molar-refractivity contribution in [3.05, 3.63) is 34.9 Å². The summed E-state index contributed by atoms with van der Waals surface area (Å²) in [6, 6.07) is 6.61.